The van der Waals surface area contributed by atoms with Crippen molar-refractivity contribution in [2.75, 3.05) is 6.61 Å². The summed E-state index contributed by atoms with van der Waals surface area (Å²) in [5.74, 6) is -0.670. The summed E-state index contributed by atoms with van der Waals surface area (Å²) in [5.41, 5.74) is 2.30. The van der Waals surface area contributed by atoms with E-state index in [1.165, 1.54) is 12.1 Å². The number of aliphatic hydroxyl groups is 1. The molecule has 3 rings (SSSR count). The third kappa shape index (κ3) is 3.36. The zero-order valence-corrected chi connectivity index (χ0v) is 13.7. The Hall–Kier alpha value is -2.82. The molecule has 0 aliphatic heterocycles. The molecule has 0 aliphatic carbocycles. The molecule has 0 saturated carbocycles. The van der Waals surface area contributed by atoms with Crippen LogP contribution in [0.5, 0.6) is 0 Å². The number of rotatable bonds is 5. The van der Waals surface area contributed by atoms with Gasteiger partial charge in [-0.2, -0.15) is 4.48 Å². The highest BCUT2D eigenvalue weighted by molar-refractivity contribution is 5.95. The molecule has 126 valence electrons. The first-order valence-corrected chi connectivity index (χ1v) is 8.05. The van der Waals surface area contributed by atoms with Crippen molar-refractivity contribution in [3.05, 3.63) is 96.3 Å². The maximum atomic E-state index is 13.3. The molecular formula is C21H19FNO2+. The summed E-state index contributed by atoms with van der Waals surface area (Å²) in [6.45, 7) is -0.307. The number of carbonyl (C=O) groups is 1. The zero-order valence-electron chi connectivity index (χ0n) is 13.7. The lowest BCUT2D eigenvalue weighted by Gasteiger charge is -2.34. The van der Waals surface area contributed by atoms with Crippen LogP contribution < -0.4 is 4.48 Å². The predicted molar refractivity (Wildman–Crippen MR) is 96.5 cm³/mol. The van der Waals surface area contributed by atoms with Crippen LogP contribution >= 0.6 is 0 Å². The third-order valence-corrected chi connectivity index (χ3v) is 4.29. The maximum absolute atomic E-state index is 13.3. The number of hydrogen-bond donors (Lipinski definition) is 1. The molecule has 1 N–H and O–H groups in total. The summed E-state index contributed by atoms with van der Waals surface area (Å²) in [5, 5.41) is 9.69. The van der Waals surface area contributed by atoms with Crippen molar-refractivity contribution in [3.63, 3.8) is 0 Å². The fraction of sp³-hybridized carbons (Fsp3) is 0.0952. The van der Waals surface area contributed by atoms with E-state index in [4.69, 9.17) is 0 Å². The topological polar surface area (TPSA) is 37.3 Å². The van der Waals surface area contributed by atoms with Gasteiger partial charge in [0.2, 0.25) is 0 Å². The van der Waals surface area contributed by atoms with Crippen LogP contribution in [0.3, 0.4) is 0 Å². The molecule has 3 aromatic rings. The number of halogens is 1. The zero-order chi connectivity index (χ0) is 17.7. The Morgan fingerprint density at radius 1 is 0.800 bits per heavy atom. The summed E-state index contributed by atoms with van der Waals surface area (Å²) in [6, 6.07) is 24.8. The first-order chi connectivity index (χ1) is 12.2. The first-order valence-electron chi connectivity index (χ1n) is 8.05. The summed E-state index contributed by atoms with van der Waals surface area (Å²) < 4.78 is 13.1. The van der Waals surface area contributed by atoms with E-state index in [0.717, 1.165) is 16.9 Å². The molecule has 0 heterocycles. The van der Waals surface area contributed by atoms with Crippen LogP contribution in [-0.4, -0.2) is 17.6 Å². The molecule has 0 radical (unpaired) electrons. The van der Waals surface area contributed by atoms with E-state index >= 15 is 0 Å². The molecule has 0 aromatic heterocycles. The lowest BCUT2D eigenvalue weighted by atomic mass is 10.1. The molecule has 0 aliphatic rings. The number of carbonyl (C=O) groups excluding carboxylic acids is 1. The average molecular weight is 336 g/mol. The van der Waals surface area contributed by atoms with Crippen molar-refractivity contribution in [2.24, 2.45) is 0 Å². The molecule has 4 heteroatoms. The van der Waals surface area contributed by atoms with Crippen LogP contribution in [0.2, 0.25) is 0 Å². The van der Waals surface area contributed by atoms with Crippen molar-refractivity contribution in [2.45, 2.75) is 6.54 Å². The SMILES string of the molecule is O=C(CO)[N+](Cc1ccc(F)cc1)(c1ccccc1)c1ccccc1. The smallest absolute Gasteiger partial charge is 0.349 e. The Balaban J connectivity index is 2.21. The van der Waals surface area contributed by atoms with Crippen LogP contribution in [-0.2, 0) is 11.3 Å². The van der Waals surface area contributed by atoms with Gasteiger partial charge in [-0.15, -0.1) is 0 Å². The van der Waals surface area contributed by atoms with E-state index in [9.17, 15) is 14.3 Å². The van der Waals surface area contributed by atoms with E-state index in [-0.39, 0.29) is 22.8 Å². The molecule has 0 unspecified atom stereocenters. The second-order valence-electron chi connectivity index (χ2n) is 5.82. The summed E-state index contributed by atoms with van der Waals surface area (Å²) in [7, 11) is 0. The third-order valence-electron chi connectivity index (χ3n) is 4.29. The highest BCUT2D eigenvalue weighted by atomic mass is 19.1. The van der Waals surface area contributed by atoms with Gasteiger partial charge in [-0.3, -0.25) is 0 Å². The highest BCUT2D eigenvalue weighted by Gasteiger charge is 2.41. The number of para-hydroxylation sites is 2. The summed E-state index contributed by atoms with van der Waals surface area (Å²) in [6.07, 6.45) is 0. The second kappa shape index (κ2) is 7.38. The molecule has 0 atom stereocenters. The fourth-order valence-corrected chi connectivity index (χ4v) is 3.06. The normalized spacial score (nSPS) is 11.3. The van der Waals surface area contributed by atoms with Crippen LogP contribution in [0.15, 0.2) is 84.9 Å². The number of benzene rings is 3. The molecule has 0 bridgehead atoms. The largest absolute Gasteiger partial charge is 0.382 e. The van der Waals surface area contributed by atoms with E-state index in [1.807, 2.05) is 60.7 Å². The molecule has 1 amide bonds. The van der Waals surface area contributed by atoms with Gasteiger partial charge in [-0.25, -0.2) is 9.18 Å². The number of nitrogens with zero attached hydrogens (tertiary/aromatic N) is 1. The Morgan fingerprint density at radius 2 is 1.28 bits per heavy atom. The average Bonchev–Trinajstić information content (AvgIpc) is 2.68. The minimum absolute atomic E-state index is 0.163. The number of amides is 1. The monoisotopic (exact) mass is 336 g/mol. The van der Waals surface area contributed by atoms with Gasteiger partial charge >= 0.3 is 5.91 Å². The second-order valence-corrected chi connectivity index (χ2v) is 5.82. The molecule has 3 aromatic carbocycles. The molecule has 0 spiro atoms. The maximum Gasteiger partial charge on any atom is 0.349 e. The minimum atomic E-state index is -0.592. The Bertz CT molecular complexity index is 793. The van der Waals surface area contributed by atoms with Gasteiger partial charge in [0, 0.05) is 29.8 Å². The minimum Gasteiger partial charge on any atom is -0.382 e. The molecular weight excluding hydrogens is 317 g/mol. The first kappa shape index (κ1) is 17.0. The lowest BCUT2D eigenvalue weighted by Crippen LogP contribution is -2.50. The van der Waals surface area contributed by atoms with Crippen LogP contribution in [0.1, 0.15) is 5.56 Å². The van der Waals surface area contributed by atoms with E-state index < -0.39 is 6.61 Å². The van der Waals surface area contributed by atoms with Crippen LogP contribution in [0, 0.1) is 5.82 Å². The number of aliphatic hydroxyl groups excluding tert-OH is 1. The van der Waals surface area contributed by atoms with Crippen LogP contribution in [0.4, 0.5) is 15.8 Å². The molecule has 0 saturated heterocycles. The Kier molecular flexibility index (Phi) is 5.03. The Morgan fingerprint density at radius 3 is 1.72 bits per heavy atom. The van der Waals surface area contributed by atoms with Gasteiger partial charge in [0.05, 0.1) is 0 Å². The summed E-state index contributed by atoms with van der Waals surface area (Å²) in [4.78, 5) is 13.0. The number of hydrogen-bond acceptors (Lipinski definition) is 2. The Labute approximate surface area is 146 Å². The van der Waals surface area contributed by atoms with Gasteiger partial charge in [-0.1, -0.05) is 48.5 Å². The van der Waals surface area contributed by atoms with E-state index in [1.54, 1.807) is 12.1 Å². The molecule has 0 fully saturated rings. The van der Waals surface area contributed by atoms with E-state index in [2.05, 4.69) is 0 Å². The predicted octanol–water partition coefficient (Wildman–Crippen LogP) is 4.18. The van der Waals surface area contributed by atoms with Gasteiger partial charge in [0.1, 0.15) is 23.7 Å². The van der Waals surface area contributed by atoms with Crippen molar-refractivity contribution >= 4 is 17.3 Å². The van der Waals surface area contributed by atoms with Gasteiger partial charge in [0.15, 0.2) is 6.61 Å². The lowest BCUT2D eigenvalue weighted by molar-refractivity contribution is -0.131. The molecule has 3 nitrogen and oxygen atoms in total. The standard InChI is InChI=1S/C21H19FNO2/c22-18-13-11-17(12-14-18)15-23(21(25)16-24,19-7-3-1-4-8-19)20-9-5-2-6-10-20/h1-14,24H,15-16H2/q+1. The quantitative estimate of drug-likeness (QED) is 0.710. The molecule has 25 heavy (non-hydrogen) atoms. The van der Waals surface area contributed by atoms with Gasteiger partial charge in [-0.05, 0) is 12.1 Å². The van der Waals surface area contributed by atoms with Crippen molar-refractivity contribution < 1.29 is 14.3 Å². The number of quaternary nitrogens is 1. The van der Waals surface area contributed by atoms with E-state index in [0.29, 0.717) is 0 Å². The van der Waals surface area contributed by atoms with Gasteiger partial charge < -0.3 is 5.11 Å². The van der Waals surface area contributed by atoms with Gasteiger partial charge in [0.25, 0.3) is 0 Å². The van der Waals surface area contributed by atoms with Crippen LogP contribution in [0.25, 0.3) is 0 Å². The fourth-order valence-electron chi connectivity index (χ4n) is 3.06. The van der Waals surface area contributed by atoms with Crippen molar-refractivity contribution in [1.82, 2.24) is 4.48 Å². The van der Waals surface area contributed by atoms with Crippen molar-refractivity contribution in [3.8, 4) is 0 Å². The summed E-state index contributed by atoms with van der Waals surface area (Å²) >= 11 is 0. The highest BCUT2D eigenvalue weighted by Crippen LogP contribution is 2.37. The van der Waals surface area contributed by atoms with Crippen molar-refractivity contribution in [1.29, 1.82) is 0 Å².